The van der Waals surface area contributed by atoms with Gasteiger partial charge in [0.25, 0.3) is 5.91 Å². The van der Waals surface area contributed by atoms with Gasteiger partial charge in [0, 0.05) is 13.1 Å². The second-order valence-electron chi connectivity index (χ2n) is 9.23. The van der Waals surface area contributed by atoms with Crippen molar-refractivity contribution >= 4 is 11.8 Å². The predicted molar refractivity (Wildman–Crippen MR) is 130 cm³/mol. The number of rotatable bonds is 10. The second-order valence-corrected chi connectivity index (χ2v) is 9.23. The largest absolute Gasteiger partial charge is 0.484 e. The third kappa shape index (κ3) is 7.11. The molecule has 0 unspecified atom stereocenters. The number of amides is 2. The Kier molecular flexibility index (Phi) is 9.30. The average Bonchev–Trinajstić information content (AvgIpc) is 2.76. The van der Waals surface area contributed by atoms with Crippen molar-refractivity contribution in [3.63, 3.8) is 0 Å². The normalized spacial score (nSPS) is 12.2. The van der Waals surface area contributed by atoms with Crippen LogP contribution in [0.1, 0.15) is 64.2 Å². The molecule has 1 N–H and O–H groups in total. The highest BCUT2D eigenvalue weighted by atomic mass is 16.5. The summed E-state index contributed by atoms with van der Waals surface area (Å²) in [5, 5.41) is 2.94. The Bertz CT molecular complexity index is 885. The van der Waals surface area contributed by atoms with Crippen molar-refractivity contribution in [2.75, 3.05) is 13.2 Å². The van der Waals surface area contributed by atoms with Gasteiger partial charge in [0.2, 0.25) is 5.91 Å². The zero-order chi connectivity index (χ0) is 23.7. The summed E-state index contributed by atoms with van der Waals surface area (Å²) in [5.41, 5.74) is 3.37. The Labute approximate surface area is 193 Å². The van der Waals surface area contributed by atoms with Gasteiger partial charge in [-0.15, -0.1) is 0 Å². The number of ether oxygens (including phenoxy) is 1. The van der Waals surface area contributed by atoms with Gasteiger partial charge in [-0.2, -0.15) is 0 Å². The Morgan fingerprint density at radius 1 is 1.03 bits per heavy atom. The predicted octanol–water partition coefficient (Wildman–Crippen LogP) is 5.00. The molecule has 2 rings (SSSR count). The van der Waals surface area contributed by atoms with E-state index < -0.39 is 6.04 Å². The number of carbonyl (C=O) groups excluding carboxylic acids is 2. The molecular weight excluding hydrogens is 400 g/mol. The number of nitrogens with zero attached hydrogens (tertiary/aromatic N) is 1. The summed E-state index contributed by atoms with van der Waals surface area (Å²) >= 11 is 0. The Balaban J connectivity index is 2.18. The lowest BCUT2D eigenvalue weighted by Gasteiger charge is -2.31. The molecule has 0 spiro atoms. The van der Waals surface area contributed by atoms with Gasteiger partial charge in [-0.25, -0.2) is 0 Å². The minimum Gasteiger partial charge on any atom is -0.484 e. The molecule has 1 atom stereocenters. The highest BCUT2D eigenvalue weighted by Crippen LogP contribution is 2.24. The highest BCUT2D eigenvalue weighted by molar-refractivity contribution is 5.88. The number of hydrogen-bond donors (Lipinski definition) is 1. The number of carbonyl (C=O) groups is 2. The van der Waals surface area contributed by atoms with Gasteiger partial charge in [-0.05, 0) is 54.0 Å². The van der Waals surface area contributed by atoms with Gasteiger partial charge >= 0.3 is 0 Å². The maximum Gasteiger partial charge on any atom is 0.261 e. The molecule has 0 bridgehead atoms. The van der Waals surface area contributed by atoms with Crippen LogP contribution >= 0.6 is 0 Å². The molecule has 5 heteroatoms. The van der Waals surface area contributed by atoms with Crippen LogP contribution in [0.25, 0.3) is 0 Å². The molecule has 2 amide bonds. The van der Waals surface area contributed by atoms with Crippen LogP contribution in [0.5, 0.6) is 5.75 Å². The van der Waals surface area contributed by atoms with Gasteiger partial charge in [0.05, 0.1) is 0 Å². The van der Waals surface area contributed by atoms with Crippen LogP contribution in [0.4, 0.5) is 0 Å². The molecule has 5 nitrogen and oxygen atoms in total. The van der Waals surface area contributed by atoms with Crippen molar-refractivity contribution in [1.82, 2.24) is 10.2 Å². The van der Waals surface area contributed by atoms with Crippen molar-refractivity contribution in [3.8, 4) is 5.75 Å². The summed E-state index contributed by atoms with van der Waals surface area (Å²) < 4.78 is 5.82. The van der Waals surface area contributed by atoms with E-state index in [0.717, 1.165) is 17.5 Å². The van der Waals surface area contributed by atoms with E-state index in [0.29, 0.717) is 25.3 Å². The molecule has 32 heavy (non-hydrogen) atoms. The summed E-state index contributed by atoms with van der Waals surface area (Å²) in [6.07, 6.45) is 1.38. The fourth-order valence-electron chi connectivity index (χ4n) is 3.54. The topological polar surface area (TPSA) is 58.6 Å². The number of nitrogens with one attached hydrogen (secondary N) is 1. The molecule has 0 aliphatic carbocycles. The number of hydrogen-bond acceptors (Lipinski definition) is 3. The summed E-state index contributed by atoms with van der Waals surface area (Å²) in [7, 11) is 0. The zero-order valence-corrected chi connectivity index (χ0v) is 20.4. The van der Waals surface area contributed by atoms with Crippen molar-refractivity contribution in [3.05, 3.63) is 65.2 Å². The van der Waals surface area contributed by atoms with Crippen LogP contribution in [0.15, 0.2) is 48.5 Å². The quantitative estimate of drug-likeness (QED) is 0.568. The Morgan fingerprint density at radius 3 is 2.25 bits per heavy atom. The van der Waals surface area contributed by atoms with Gasteiger partial charge < -0.3 is 15.0 Å². The van der Waals surface area contributed by atoms with Gasteiger partial charge in [-0.1, -0.05) is 71.0 Å². The van der Waals surface area contributed by atoms with E-state index in [2.05, 4.69) is 26.1 Å². The minimum absolute atomic E-state index is 0.0545. The van der Waals surface area contributed by atoms with Crippen LogP contribution < -0.4 is 10.1 Å². The Morgan fingerprint density at radius 2 is 1.69 bits per heavy atom. The van der Waals surface area contributed by atoms with Gasteiger partial charge in [0.1, 0.15) is 11.8 Å². The minimum atomic E-state index is -0.541. The molecule has 0 aliphatic rings. The van der Waals surface area contributed by atoms with Crippen LogP contribution in [-0.2, 0) is 21.5 Å². The van der Waals surface area contributed by atoms with E-state index in [1.54, 1.807) is 4.90 Å². The average molecular weight is 439 g/mol. The van der Waals surface area contributed by atoms with Crippen LogP contribution in [-0.4, -0.2) is 35.9 Å². The summed E-state index contributed by atoms with van der Waals surface area (Å²) in [6, 6.07) is 15.2. The fraction of sp³-hybridized carbons (Fsp3) is 0.481. The van der Waals surface area contributed by atoms with Crippen molar-refractivity contribution in [2.45, 2.75) is 72.4 Å². The van der Waals surface area contributed by atoms with E-state index in [1.165, 1.54) is 5.56 Å². The van der Waals surface area contributed by atoms with E-state index in [9.17, 15) is 9.59 Å². The standard InChI is InChI=1S/C27H38N2O3/c1-7-17-28-26(31)24(8-2)29(18-21-12-10-9-11-20(21)3)25(30)19-32-23-15-13-22(14-16-23)27(4,5)6/h9-16,24H,7-8,17-19H2,1-6H3,(H,28,31)/t24-/m1/s1. The smallest absolute Gasteiger partial charge is 0.261 e. The number of benzene rings is 2. The molecule has 174 valence electrons. The first kappa shape index (κ1) is 25.4. The van der Waals surface area contributed by atoms with Gasteiger partial charge in [-0.3, -0.25) is 9.59 Å². The molecule has 0 saturated heterocycles. The lowest BCUT2D eigenvalue weighted by atomic mass is 9.87. The SMILES string of the molecule is CCCNC(=O)[C@@H](CC)N(Cc1ccccc1C)C(=O)COc1ccc(C(C)(C)C)cc1. The first-order chi connectivity index (χ1) is 15.2. The van der Waals surface area contributed by atoms with Gasteiger partial charge in [0.15, 0.2) is 6.61 Å². The summed E-state index contributed by atoms with van der Waals surface area (Å²) in [4.78, 5) is 27.7. The molecule has 0 radical (unpaired) electrons. The second kappa shape index (κ2) is 11.7. The molecule has 0 aromatic heterocycles. The van der Waals surface area contributed by atoms with Crippen LogP contribution in [0.2, 0.25) is 0 Å². The fourth-order valence-corrected chi connectivity index (χ4v) is 3.54. The van der Waals surface area contributed by atoms with E-state index >= 15 is 0 Å². The van der Waals surface area contributed by atoms with E-state index in [4.69, 9.17) is 4.74 Å². The maximum atomic E-state index is 13.3. The summed E-state index contributed by atoms with van der Waals surface area (Å²) in [5.74, 6) is 0.322. The molecular formula is C27H38N2O3. The summed E-state index contributed by atoms with van der Waals surface area (Å²) in [6.45, 7) is 13.3. The zero-order valence-electron chi connectivity index (χ0n) is 20.4. The molecule has 0 saturated carbocycles. The first-order valence-electron chi connectivity index (χ1n) is 11.5. The Hall–Kier alpha value is -2.82. The highest BCUT2D eigenvalue weighted by Gasteiger charge is 2.29. The lowest BCUT2D eigenvalue weighted by Crippen LogP contribution is -2.50. The molecule has 0 fully saturated rings. The first-order valence-corrected chi connectivity index (χ1v) is 11.5. The third-order valence-corrected chi connectivity index (χ3v) is 5.62. The van der Waals surface area contributed by atoms with Crippen molar-refractivity contribution in [2.24, 2.45) is 0 Å². The van der Waals surface area contributed by atoms with E-state index in [1.807, 2.05) is 69.3 Å². The van der Waals surface area contributed by atoms with Crippen LogP contribution in [0, 0.1) is 6.92 Å². The monoisotopic (exact) mass is 438 g/mol. The van der Waals surface area contributed by atoms with Crippen LogP contribution in [0.3, 0.4) is 0 Å². The third-order valence-electron chi connectivity index (χ3n) is 5.62. The maximum absolute atomic E-state index is 13.3. The molecule has 2 aromatic rings. The lowest BCUT2D eigenvalue weighted by molar-refractivity contribution is -0.143. The molecule has 0 heterocycles. The van der Waals surface area contributed by atoms with Crippen molar-refractivity contribution in [1.29, 1.82) is 0 Å². The number of aryl methyl sites for hydroxylation is 1. The molecule has 2 aromatic carbocycles. The van der Waals surface area contributed by atoms with Crippen molar-refractivity contribution < 1.29 is 14.3 Å². The van der Waals surface area contributed by atoms with E-state index in [-0.39, 0.29) is 23.8 Å². The molecule has 0 aliphatic heterocycles.